The third kappa shape index (κ3) is 3.18. The van der Waals surface area contributed by atoms with Crippen LogP contribution in [0.25, 0.3) is 11.1 Å². The van der Waals surface area contributed by atoms with Crippen molar-refractivity contribution in [1.82, 2.24) is 0 Å². The van der Waals surface area contributed by atoms with E-state index in [1.807, 2.05) is 0 Å². The summed E-state index contributed by atoms with van der Waals surface area (Å²) in [6.45, 7) is 28.4. The molecule has 0 heterocycles. The van der Waals surface area contributed by atoms with Crippen LogP contribution in [0.1, 0.15) is 105 Å². The molecular formula is C29H42. The zero-order chi connectivity index (χ0) is 22.2. The van der Waals surface area contributed by atoms with Crippen molar-refractivity contribution < 1.29 is 0 Å². The molecule has 0 N–H and O–H groups in total. The molecule has 0 amide bonds. The summed E-state index contributed by atoms with van der Waals surface area (Å²) in [7, 11) is 0. The molecule has 0 saturated carbocycles. The number of benzene rings is 2. The van der Waals surface area contributed by atoms with E-state index in [4.69, 9.17) is 0 Å². The molecule has 158 valence electrons. The molecular weight excluding hydrogens is 348 g/mol. The molecule has 2 aromatic rings. The van der Waals surface area contributed by atoms with Gasteiger partial charge in [0.05, 0.1) is 0 Å². The summed E-state index contributed by atoms with van der Waals surface area (Å²) < 4.78 is 0. The molecule has 0 aromatic heterocycles. The highest BCUT2D eigenvalue weighted by atomic mass is 14.4. The van der Waals surface area contributed by atoms with Crippen LogP contribution in [0.3, 0.4) is 0 Å². The Balaban J connectivity index is 2.17. The van der Waals surface area contributed by atoms with Gasteiger partial charge in [-0.05, 0) is 55.0 Å². The summed E-state index contributed by atoms with van der Waals surface area (Å²) in [6, 6.07) is 14.5. The molecule has 29 heavy (non-hydrogen) atoms. The lowest BCUT2D eigenvalue weighted by molar-refractivity contribution is 0.225. The second kappa shape index (κ2) is 6.22. The maximum absolute atomic E-state index is 2.50. The van der Waals surface area contributed by atoms with Crippen LogP contribution < -0.4 is 0 Å². The molecule has 0 fully saturated rings. The van der Waals surface area contributed by atoms with Gasteiger partial charge in [-0.2, -0.15) is 0 Å². The lowest BCUT2D eigenvalue weighted by atomic mass is 9.64. The minimum atomic E-state index is 0.0264. The van der Waals surface area contributed by atoms with Crippen molar-refractivity contribution in [3.8, 4) is 11.1 Å². The summed E-state index contributed by atoms with van der Waals surface area (Å²) in [6.07, 6.45) is 0. The van der Waals surface area contributed by atoms with Gasteiger partial charge in [-0.25, -0.2) is 0 Å². The lowest BCUT2D eigenvalue weighted by Gasteiger charge is -2.40. The first kappa shape index (κ1) is 22.1. The summed E-state index contributed by atoms with van der Waals surface area (Å²) >= 11 is 0. The number of fused-ring (bicyclic) bond motifs is 3. The van der Waals surface area contributed by atoms with Crippen LogP contribution in [0.4, 0.5) is 0 Å². The third-order valence-electron chi connectivity index (χ3n) is 8.87. The van der Waals surface area contributed by atoms with Gasteiger partial charge < -0.3 is 0 Å². The fourth-order valence-electron chi connectivity index (χ4n) is 4.38. The maximum atomic E-state index is 2.50. The Morgan fingerprint density at radius 3 is 1.10 bits per heavy atom. The van der Waals surface area contributed by atoms with Crippen molar-refractivity contribution in [3.63, 3.8) is 0 Å². The molecule has 0 aliphatic heterocycles. The first-order chi connectivity index (χ1) is 12.9. The van der Waals surface area contributed by atoms with Crippen molar-refractivity contribution in [1.29, 1.82) is 0 Å². The van der Waals surface area contributed by atoms with E-state index in [9.17, 15) is 0 Å². The van der Waals surface area contributed by atoms with Crippen LogP contribution in [0.2, 0.25) is 0 Å². The topological polar surface area (TPSA) is 0 Å². The van der Waals surface area contributed by atoms with Gasteiger partial charge >= 0.3 is 0 Å². The Hall–Kier alpha value is -1.56. The molecule has 3 rings (SSSR count). The highest BCUT2D eigenvalue weighted by Gasteiger charge is 2.41. The Morgan fingerprint density at radius 1 is 0.517 bits per heavy atom. The van der Waals surface area contributed by atoms with Gasteiger partial charge in [0.15, 0.2) is 0 Å². The van der Waals surface area contributed by atoms with E-state index in [1.54, 1.807) is 0 Å². The molecule has 2 aromatic carbocycles. The Bertz CT molecular complexity index is 859. The number of rotatable bonds is 2. The predicted molar refractivity (Wildman–Crippen MR) is 129 cm³/mol. The molecule has 0 saturated heterocycles. The van der Waals surface area contributed by atoms with Crippen molar-refractivity contribution in [2.45, 2.75) is 99.3 Å². The van der Waals surface area contributed by atoms with Crippen LogP contribution >= 0.6 is 0 Å². The molecule has 0 heteroatoms. The van der Waals surface area contributed by atoms with Gasteiger partial charge in [-0.15, -0.1) is 0 Å². The van der Waals surface area contributed by atoms with E-state index >= 15 is 0 Å². The molecule has 0 nitrogen and oxygen atoms in total. The second-order valence-electron chi connectivity index (χ2n) is 12.9. The van der Waals surface area contributed by atoms with E-state index < -0.39 is 0 Å². The minimum absolute atomic E-state index is 0.0264. The fourth-order valence-corrected chi connectivity index (χ4v) is 4.38. The predicted octanol–water partition coefficient (Wildman–Crippen LogP) is 8.64. The maximum Gasteiger partial charge on any atom is 0.0159 e. The minimum Gasteiger partial charge on any atom is -0.0593 e. The van der Waals surface area contributed by atoms with Crippen LogP contribution in [-0.2, 0) is 16.2 Å². The van der Waals surface area contributed by atoms with Gasteiger partial charge in [-0.3, -0.25) is 0 Å². The molecule has 0 bridgehead atoms. The van der Waals surface area contributed by atoms with E-state index in [1.165, 1.54) is 33.4 Å². The van der Waals surface area contributed by atoms with Gasteiger partial charge in [0.1, 0.15) is 0 Å². The zero-order valence-electron chi connectivity index (χ0n) is 21.0. The van der Waals surface area contributed by atoms with Crippen LogP contribution in [-0.4, -0.2) is 0 Å². The number of hydrogen-bond acceptors (Lipinski definition) is 0. The SMILES string of the molecule is CC1(C)c2cc(C(C)(C)C(C)(C)C)ccc2-c2ccc(C(C)(C)C(C)(C)C)cc21. The average molecular weight is 391 g/mol. The van der Waals surface area contributed by atoms with E-state index in [2.05, 4.69) is 119 Å². The van der Waals surface area contributed by atoms with Crippen molar-refractivity contribution >= 4 is 0 Å². The highest BCUT2D eigenvalue weighted by molar-refractivity contribution is 5.81. The summed E-state index contributed by atoms with van der Waals surface area (Å²) in [5, 5.41) is 0. The number of hydrogen-bond donors (Lipinski definition) is 0. The smallest absolute Gasteiger partial charge is 0.0159 e. The van der Waals surface area contributed by atoms with Crippen LogP contribution in [0, 0.1) is 10.8 Å². The molecule has 0 unspecified atom stereocenters. The fraction of sp³-hybridized carbons (Fsp3) is 0.586. The standard InChI is InChI=1S/C29H42/c1-25(2,3)28(9,10)19-13-15-21-22-16-14-20(29(11,12)26(4,5)6)18-24(22)27(7,8)23(21)17-19/h13-18H,1-12H3. The second-order valence-corrected chi connectivity index (χ2v) is 12.9. The van der Waals surface area contributed by atoms with Gasteiger partial charge in [0.2, 0.25) is 0 Å². The molecule has 0 spiro atoms. The third-order valence-corrected chi connectivity index (χ3v) is 8.87. The summed E-state index contributed by atoms with van der Waals surface area (Å²) in [5.41, 5.74) is 9.36. The van der Waals surface area contributed by atoms with E-state index in [-0.39, 0.29) is 27.1 Å². The molecule has 1 aliphatic rings. The quantitative estimate of drug-likeness (QED) is 0.481. The van der Waals surface area contributed by atoms with Crippen molar-refractivity contribution in [2.24, 2.45) is 10.8 Å². The van der Waals surface area contributed by atoms with Crippen molar-refractivity contribution in [3.05, 3.63) is 58.7 Å². The van der Waals surface area contributed by atoms with E-state index in [0.29, 0.717) is 0 Å². The first-order valence-electron chi connectivity index (χ1n) is 11.2. The largest absolute Gasteiger partial charge is 0.0593 e. The Kier molecular flexibility index (Phi) is 4.75. The molecule has 0 atom stereocenters. The first-order valence-corrected chi connectivity index (χ1v) is 11.2. The van der Waals surface area contributed by atoms with E-state index in [0.717, 1.165) is 0 Å². The van der Waals surface area contributed by atoms with Gasteiger partial charge in [0.25, 0.3) is 0 Å². The molecule has 1 aliphatic carbocycles. The molecule has 0 radical (unpaired) electrons. The van der Waals surface area contributed by atoms with Crippen LogP contribution in [0.15, 0.2) is 36.4 Å². The zero-order valence-corrected chi connectivity index (χ0v) is 21.0. The van der Waals surface area contributed by atoms with Gasteiger partial charge in [0, 0.05) is 5.41 Å². The Labute approximate surface area is 180 Å². The normalized spacial score (nSPS) is 16.6. The average Bonchev–Trinajstić information content (AvgIpc) is 2.80. The lowest BCUT2D eigenvalue weighted by Crippen LogP contribution is -2.34. The summed E-state index contributed by atoms with van der Waals surface area (Å²) in [4.78, 5) is 0. The van der Waals surface area contributed by atoms with Crippen LogP contribution in [0.5, 0.6) is 0 Å². The Morgan fingerprint density at radius 2 is 0.828 bits per heavy atom. The summed E-state index contributed by atoms with van der Waals surface area (Å²) in [5.74, 6) is 0. The van der Waals surface area contributed by atoms with Gasteiger partial charge in [-0.1, -0.05) is 119 Å². The van der Waals surface area contributed by atoms with Crippen molar-refractivity contribution in [2.75, 3.05) is 0 Å². The highest BCUT2D eigenvalue weighted by Crippen LogP contribution is 2.52. The monoisotopic (exact) mass is 390 g/mol.